The number of carbonyl (C=O) groups is 1. The number of ether oxygens (including phenoxy) is 1. The van der Waals surface area contributed by atoms with Gasteiger partial charge in [-0.25, -0.2) is 18.0 Å². The van der Waals surface area contributed by atoms with E-state index in [0.29, 0.717) is 19.0 Å². The molecule has 0 spiro atoms. The summed E-state index contributed by atoms with van der Waals surface area (Å²) < 4.78 is 44.6. The second kappa shape index (κ2) is 8.19. The minimum Gasteiger partial charge on any atom is -0.444 e. The molecule has 0 radical (unpaired) electrons. The molecule has 2 N–H and O–H groups in total. The van der Waals surface area contributed by atoms with Crippen molar-refractivity contribution in [2.75, 3.05) is 6.54 Å². The number of carbonyl (C=O) groups excluding carboxylic acids is 1. The van der Waals surface area contributed by atoms with Crippen LogP contribution in [0.25, 0.3) is 0 Å². The van der Waals surface area contributed by atoms with E-state index in [1.165, 1.54) is 0 Å². The van der Waals surface area contributed by atoms with Gasteiger partial charge in [-0.15, -0.1) is 0 Å². The van der Waals surface area contributed by atoms with Crippen molar-refractivity contribution in [3.8, 4) is 0 Å². The summed E-state index contributed by atoms with van der Waals surface area (Å²) in [5.41, 5.74) is -0.569. The van der Waals surface area contributed by atoms with Crippen LogP contribution in [0.3, 0.4) is 0 Å². The molecule has 1 amide bonds. The predicted octanol–water partition coefficient (Wildman–Crippen LogP) is 3.50. The molecule has 0 aliphatic heterocycles. The third kappa shape index (κ3) is 6.90. The molecule has 0 bridgehead atoms. The van der Waals surface area contributed by atoms with E-state index in [1.807, 2.05) is 6.92 Å². The predicted molar refractivity (Wildman–Crippen MR) is 81.5 cm³/mol. The number of rotatable bonds is 6. The lowest BCUT2D eigenvalue weighted by molar-refractivity contribution is 0.0502. The van der Waals surface area contributed by atoms with Crippen LogP contribution in [-0.2, 0) is 11.3 Å². The minimum atomic E-state index is -1.22. The second-order valence-electron chi connectivity index (χ2n) is 6.24. The number of hydrogen-bond acceptors (Lipinski definition) is 3. The standard InChI is InChI=1S/C16H23F3N2O2/c1-5-11(21-15(22)23-16(2,3)4)9-20-8-10-6-13(18)14(19)7-12(10)17/h6-7,11,20H,5,8-9H2,1-4H3,(H,21,22). The number of alkyl carbamates (subject to hydrolysis) is 1. The van der Waals surface area contributed by atoms with Crippen molar-refractivity contribution >= 4 is 6.09 Å². The van der Waals surface area contributed by atoms with E-state index in [1.54, 1.807) is 20.8 Å². The first-order chi connectivity index (χ1) is 10.6. The third-order valence-electron chi connectivity index (χ3n) is 3.01. The van der Waals surface area contributed by atoms with Gasteiger partial charge in [0, 0.05) is 30.8 Å². The summed E-state index contributed by atoms with van der Waals surface area (Å²) in [6.07, 6.45) is 0.0946. The molecule has 1 aromatic carbocycles. The molecule has 1 aromatic rings. The van der Waals surface area contributed by atoms with Crippen molar-refractivity contribution < 1.29 is 22.7 Å². The number of benzene rings is 1. The summed E-state index contributed by atoms with van der Waals surface area (Å²) in [6.45, 7) is 7.53. The summed E-state index contributed by atoms with van der Waals surface area (Å²) in [7, 11) is 0. The maximum absolute atomic E-state index is 13.5. The molecule has 23 heavy (non-hydrogen) atoms. The highest BCUT2D eigenvalue weighted by atomic mass is 19.2. The minimum absolute atomic E-state index is 0.0233. The lowest BCUT2D eigenvalue weighted by Gasteiger charge is -2.23. The highest BCUT2D eigenvalue weighted by Crippen LogP contribution is 2.13. The Morgan fingerprint density at radius 2 is 1.78 bits per heavy atom. The van der Waals surface area contributed by atoms with Crippen molar-refractivity contribution in [1.29, 1.82) is 0 Å². The van der Waals surface area contributed by atoms with Gasteiger partial charge in [0.2, 0.25) is 0 Å². The van der Waals surface area contributed by atoms with E-state index in [4.69, 9.17) is 4.74 Å². The quantitative estimate of drug-likeness (QED) is 0.784. The number of amides is 1. The van der Waals surface area contributed by atoms with Gasteiger partial charge in [0.1, 0.15) is 11.4 Å². The normalized spacial score (nSPS) is 12.8. The first-order valence-corrected chi connectivity index (χ1v) is 7.46. The molecule has 0 saturated heterocycles. The lowest BCUT2D eigenvalue weighted by Crippen LogP contribution is -2.43. The van der Waals surface area contributed by atoms with Crippen LogP contribution in [0.1, 0.15) is 39.7 Å². The molecule has 130 valence electrons. The van der Waals surface area contributed by atoms with Crippen LogP contribution in [0.4, 0.5) is 18.0 Å². The molecule has 1 unspecified atom stereocenters. The summed E-state index contributed by atoms with van der Waals surface area (Å²) in [6, 6.07) is 1.11. The molecule has 1 rings (SSSR count). The van der Waals surface area contributed by atoms with Gasteiger partial charge in [-0.1, -0.05) is 6.92 Å². The van der Waals surface area contributed by atoms with Crippen molar-refractivity contribution in [3.05, 3.63) is 35.1 Å². The first-order valence-electron chi connectivity index (χ1n) is 7.46. The SMILES string of the molecule is CCC(CNCc1cc(F)c(F)cc1F)NC(=O)OC(C)(C)C. The van der Waals surface area contributed by atoms with Gasteiger partial charge in [0.15, 0.2) is 11.6 Å². The number of halogens is 3. The fourth-order valence-electron chi connectivity index (χ4n) is 1.85. The first kappa shape index (κ1) is 19.3. The van der Waals surface area contributed by atoms with Crippen LogP contribution in [0.5, 0.6) is 0 Å². The van der Waals surface area contributed by atoms with Crippen LogP contribution in [0.15, 0.2) is 12.1 Å². The van der Waals surface area contributed by atoms with Crippen molar-refractivity contribution in [3.63, 3.8) is 0 Å². The van der Waals surface area contributed by atoms with Gasteiger partial charge in [0.05, 0.1) is 0 Å². The largest absolute Gasteiger partial charge is 0.444 e. The molecular formula is C16H23F3N2O2. The summed E-state index contributed by atoms with van der Waals surface area (Å²) >= 11 is 0. The van der Waals surface area contributed by atoms with E-state index in [-0.39, 0.29) is 18.2 Å². The molecule has 0 saturated carbocycles. The Hall–Kier alpha value is -1.76. The Kier molecular flexibility index (Phi) is 6.87. The van der Waals surface area contributed by atoms with Gasteiger partial charge in [-0.2, -0.15) is 0 Å². The Morgan fingerprint density at radius 3 is 2.35 bits per heavy atom. The van der Waals surface area contributed by atoms with Crippen LogP contribution >= 0.6 is 0 Å². The fourth-order valence-corrected chi connectivity index (χ4v) is 1.85. The number of nitrogens with one attached hydrogen (secondary N) is 2. The molecule has 1 atom stereocenters. The molecule has 4 nitrogen and oxygen atoms in total. The van der Waals surface area contributed by atoms with Crippen molar-refractivity contribution in [2.24, 2.45) is 0 Å². The van der Waals surface area contributed by atoms with Crippen LogP contribution < -0.4 is 10.6 Å². The molecule has 0 aliphatic rings. The summed E-state index contributed by atoms with van der Waals surface area (Å²) in [5.74, 6) is -3.13. The van der Waals surface area contributed by atoms with E-state index in [0.717, 1.165) is 6.07 Å². The smallest absolute Gasteiger partial charge is 0.407 e. The zero-order valence-corrected chi connectivity index (χ0v) is 13.8. The lowest BCUT2D eigenvalue weighted by atomic mass is 10.2. The maximum Gasteiger partial charge on any atom is 0.407 e. The summed E-state index contributed by atoms with van der Waals surface area (Å²) in [5, 5.41) is 5.60. The molecule has 0 aliphatic carbocycles. The zero-order chi connectivity index (χ0) is 17.6. The van der Waals surface area contributed by atoms with E-state index >= 15 is 0 Å². The second-order valence-corrected chi connectivity index (χ2v) is 6.24. The Morgan fingerprint density at radius 1 is 1.17 bits per heavy atom. The average molecular weight is 332 g/mol. The fraction of sp³-hybridized carbons (Fsp3) is 0.562. The van der Waals surface area contributed by atoms with Gasteiger partial charge < -0.3 is 15.4 Å². The highest BCUT2D eigenvalue weighted by molar-refractivity contribution is 5.68. The van der Waals surface area contributed by atoms with Crippen LogP contribution in [-0.4, -0.2) is 24.3 Å². The molecule has 0 aromatic heterocycles. The Bertz CT molecular complexity index is 545. The molecule has 7 heteroatoms. The van der Waals surface area contributed by atoms with Crippen LogP contribution in [0, 0.1) is 17.5 Å². The van der Waals surface area contributed by atoms with Crippen molar-refractivity contribution in [1.82, 2.24) is 10.6 Å². The molecule has 0 heterocycles. The zero-order valence-electron chi connectivity index (χ0n) is 13.8. The molecular weight excluding hydrogens is 309 g/mol. The third-order valence-corrected chi connectivity index (χ3v) is 3.01. The van der Waals surface area contributed by atoms with E-state index in [2.05, 4.69) is 10.6 Å². The topological polar surface area (TPSA) is 50.4 Å². The monoisotopic (exact) mass is 332 g/mol. The Labute approximate surface area is 134 Å². The van der Waals surface area contributed by atoms with Gasteiger partial charge in [-0.3, -0.25) is 0 Å². The Balaban J connectivity index is 2.49. The van der Waals surface area contributed by atoms with Gasteiger partial charge in [0.25, 0.3) is 0 Å². The van der Waals surface area contributed by atoms with Gasteiger partial charge >= 0.3 is 6.09 Å². The average Bonchev–Trinajstić information content (AvgIpc) is 2.41. The summed E-state index contributed by atoms with van der Waals surface area (Å²) in [4.78, 5) is 11.7. The molecule has 0 fully saturated rings. The van der Waals surface area contributed by atoms with Crippen molar-refractivity contribution in [2.45, 2.75) is 52.3 Å². The van der Waals surface area contributed by atoms with Gasteiger partial charge in [-0.05, 0) is 33.3 Å². The van der Waals surface area contributed by atoms with E-state index in [9.17, 15) is 18.0 Å². The highest BCUT2D eigenvalue weighted by Gasteiger charge is 2.18. The maximum atomic E-state index is 13.5. The van der Waals surface area contributed by atoms with Crippen LogP contribution in [0.2, 0.25) is 0 Å². The number of hydrogen-bond donors (Lipinski definition) is 2. The van der Waals surface area contributed by atoms with E-state index < -0.39 is 29.1 Å².